The van der Waals surface area contributed by atoms with Gasteiger partial charge in [0, 0.05) is 11.6 Å². The van der Waals surface area contributed by atoms with Crippen LogP contribution in [0.5, 0.6) is 5.75 Å². The minimum atomic E-state index is -0.649. The van der Waals surface area contributed by atoms with Crippen LogP contribution in [-0.2, 0) is 11.3 Å². The minimum Gasteiger partial charge on any atom is -0.423 e. The van der Waals surface area contributed by atoms with Crippen molar-refractivity contribution in [2.75, 3.05) is 0 Å². The molecule has 0 aromatic heterocycles. The van der Waals surface area contributed by atoms with Crippen molar-refractivity contribution in [3.05, 3.63) is 110 Å². The molecular formula is C24H15FN2O6S. The van der Waals surface area contributed by atoms with Crippen LogP contribution in [0, 0.1) is 15.9 Å². The number of thioether (sulfide) groups is 1. The van der Waals surface area contributed by atoms with Crippen molar-refractivity contribution in [1.29, 1.82) is 0 Å². The number of rotatable bonds is 6. The predicted octanol–water partition coefficient (Wildman–Crippen LogP) is 5.19. The molecule has 1 heterocycles. The first-order valence-electron chi connectivity index (χ1n) is 9.87. The summed E-state index contributed by atoms with van der Waals surface area (Å²) in [5, 5.41) is 10.7. The monoisotopic (exact) mass is 478 g/mol. The molecular weight excluding hydrogens is 463 g/mol. The molecule has 3 aromatic rings. The van der Waals surface area contributed by atoms with Crippen LogP contribution in [0.3, 0.4) is 0 Å². The molecule has 1 saturated heterocycles. The number of amides is 2. The van der Waals surface area contributed by atoms with E-state index in [-0.39, 0.29) is 34.0 Å². The Balaban J connectivity index is 1.45. The molecule has 0 bridgehead atoms. The van der Waals surface area contributed by atoms with Crippen LogP contribution in [0.15, 0.2) is 77.7 Å². The highest BCUT2D eigenvalue weighted by atomic mass is 32.2. The van der Waals surface area contributed by atoms with E-state index in [1.165, 1.54) is 48.5 Å². The number of halogens is 1. The highest BCUT2D eigenvalue weighted by molar-refractivity contribution is 8.18. The van der Waals surface area contributed by atoms with Crippen molar-refractivity contribution in [2.45, 2.75) is 6.54 Å². The maximum Gasteiger partial charge on any atom is 0.343 e. The van der Waals surface area contributed by atoms with Crippen LogP contribution < -0.4 is 4.74 Å². The van der Waals surface area contributed by atoms with Crippen LogP contribution >= 0.6 is 11.8 Å². The Bertz CT molecular complexity index is 1320. The Morgan fingerprint density at radius 1 is 1.03 bits per heavy atom. The van der Waals surface area contributed by atoms with Gasteiger partial charge in [0.1, 0.15) is 11.6 Å². The molecule has 10 heteroatoms. The lowest BCUT2D eigenvalue weighted by Crippen LogP contribution is -2.27. The number of para-hydroxylation sites is 1. The number of esters is 1. The Hall–Kier alpha value is -4.31. The fourth-order valence-electron chi connectivity index (χ4n) is 3.16. The van der Waals surface area contributed by atoms with E-state index in [0.717, 1.165) is 28.8 Å². The van der Waals surface area contributed by atoms with Crippen molar-refractivity contribution >= 4 is 40.6 Å². The first kappa shape index (κ1) is 22.9. The van der Waals surface area contributed by atoms with Crippen molar-refractivity contribution in [1.82, 2.24) is 4.90 Å². The molecule has 170 valence electrons. The summed E-state index contributed by atoms with van der Waals surface area (Å²) in [6.45, 7) is -0.211. The average molecular weight is 478 g/mol. The molecule has 1 aliphatic heterocycles. The Labute approximate surface area is 196 Å². The zero-order valence-corrected chi connectivity index (χ0v) is 18.2. The third-order valence-electron chi connectivity index (χ3n) is 4.86. The number of nitro groups is 1. The van der Waals surface area contributed by atoms with Gasteiger partial charge in [0.15, 0.2) is 0 Å². The second kappa shape index (κ2) is 9.67. The zero-order valence-electron chi connectivity index (χ0n) is 17.3. The van der Waals surface area contributed by atoms with E-state index >= 15 is 0 Å². The number of benzene rings is 3. The predicted molar refractivity (Wildman–Crippen MR) is 122 cm³/mol. The maximum atomic E-state index is 13.0. The third-order valence-corrected chi connectivity index (χ3v) is 5.77. The van der Waals surface area contributed by atoms with Crippen LogP contribution in [-0.4, -0.2) is 26.9 Å². The summed E-state index contributed by atoms with van der Waals surface area (Å²) in [6, 6.07) is 17.1. The van der Waals surface area contributed by atoms with Gasteiger partial charge < -0.3 is 4.74 Å². The van der Waals surface area contributed by atoms with Gasteiger partial charge in [-0.3, -0.25) is 24.6 Å². The van der Waals surface area contributed by atoms with E-state index < -0.39 is 27.9 Å². The summed E-state index contributed by atoms with van der Waals surface area (Å²) in [5.74, 6) is -1.42. The largest absolute Gasteiger partial charge is 0.423 e. The van der Waals surface area contributed by atoms with Gasteiger partial charge in [-0.15, -0.1) is 0 Å². The average Bonchev–Trinajstić information content (AvgIpc) is 3.08. The molecule has 0 saturated carbocycles. The number of hydrogen-bond acceptors (Lipinski definition) is 7. The normalized spacial score (nSPS) is 14.5. The Morgan fingerprint density at radius 3 is 2.38 bits per heavy atom. The van der Waals surface area contributed by atoms with Gasteiger partial charge in [0.25, 0.3) is 16.8 Å². The van der Waals surface area contributed by atoms with Gasteiger partial charge in [-0.2, -0.15) is 0 Å². The molecule has 1 aliphatic rings. The highest BCUT2D eigenvalue weighted by Crippen LogP contribution is 2.34. The van der Waals surface area contributed by atoms with Gasteiger partial charge in [0.05, 0.1) is 21.9 Å². The molecule has 0 unspecified atom stereocenters. The smallest absolute Gasteiger partial charge is 0.343 e. The molecule has 0 radical (unpaired) electrons. The number of hydrogen-bond donors (Lipinski definition) is 0. The lowest BCUT2D eigenvalue weighted by atomic mass is 10.1. The number of nitro benzene ring substituents is 1. The number of carbonyl (C=O) groups excluding carboxylic acids is 3. The molecule has 0 N–H and O–H groups in total. The number of nitrogens with zero attached hydrogens (tertiary/aromatic N) is 2. The van der Waals surface area contributed by atoms with Crippen molar-refractivity contribution in [3.63, 3.8) is 0 Å². The standard InChI is InChI=1S/C24H15FN2O6S/c25-18-9-7-16(8-10-18)23(29)33-19-11-5-15(6-12-19)13-21-22(28)26(24(30)34-21)14-17-3-1-2-4-20(17)27(31)32/h1-13H,14H2/b21-13-. The quantitative estimate of drug-likeness (QED) is 0.158. The fraction of sp³-hybridized carbons (Fsp3) is 0.0417. The van der Waals surface area contributed by atoms with Crippen molar-refractivity contribution in [3.8, 4) is 5.75 Å². The van der Waals surface area contributed by atoms with E-state index in [9.17, 15) is 28.9 Å². The molecule has 1 fully saturated rings. The summed E-state index contributed by atoms with van der Waals surface area (Å²) in [6.07, 6.45) is 1.51. The van der Waals surface area contributed by atoms with Gasteiger partial charge in [-0.05, 0) is 59.8 Å². The van der Waals surface area contributed by atoms with Gasteiger partial charge in [0.2, 0.25) is 0 Å². The number of ether oxygens (including phenoxy) is 1. The summed E-state index contributed by atoms with van der Waals surface area (Å²) >= 11 is 0.736. The molecule has 4 rings (SSSR count). The number of imide groups is 1. The summed E-state index contributed by atoms with van der Waals surface area (Å²) in [7, 11) is 0. The van der Waals surface area contributed by atoms with Gasteiger partial charge in [-0.25, -0.2) is 9.18 Å². The summed E-state index contributed by atoms with van der Waals surface area (Å²) in [4.78, 5) is 49.0. The SMILES string of the molecule is O=C(Oc1ccc(/C=C2\SC(=O)N(Cc3ccccc3[N+](=O)[O-])C2=O)cc1)c1ccc(F)cc1. The van der Waals surface area contributed by atoms with E-state index in [2.05, 4.69) is 0 Å². The van der Waals surface area contributed by atoms with Gasteiger partial charge in [-0.1, -0.05) is 30.3 Å². The summed E-state index contributed by atoms with van der Waals surface area (Å²) < 4.78 is 18.2. The fourth-order valence-corrected chi connectivity index (χ4v) is 4.00. The van der Waals surface area contributed by atoms with E-state index in [1.807, 2.05) is 0 Å². The van der Waals surface area contributed by atoms with Crippen LogP contribution in [0.1, 0.15) is 21.5 Å². The minimum absolute atomic E-state index is 0.166. The molecule has 0 spiro atoms. The van der Waals surface area contributed by atoms with Crippen LogP contribution in [0.25, 0.3) is 6.08 Å². The first-order chi connectivity index (χ1) is 16.3. The Kier molecular flexibility index (Phi) is 6.51. The van der Waals surface area contributed by atoms with E-state index in [1.54, 1.807) is 18.2 Å². The lowest BCUT2D eigenvalue weighted by molar-refractivity contribution is -0.385. The highest BCUT2D eigenvalue weighted by Gasteiger charge is 2.36. The molecule has 8 nitrogen and oxygen atoms in total. The zero-order chi connectivity index (χ0) is 24.2. The van der Waals surface area contributed by atoms with E-state index in [0.29, 0.717) is 5.56 Å². The molecule has 0 aliphatic carbocycles. The van der Waals surface area contributed by atoms with E-state index in [4.69, 9.17) is 4.74 Å². The second-order valence-electron chi connectivity index (χ2n) is 7.12. The molecule has 2 amide bonds. The van der Waals surface area contributed by atoms with Crippen LogP contribution in [0.4, 0.5) is 14.9 Å². The number of carbonyl (C=O) groups is 3. The van der Waals surface area contributed by atoms with Gasteiger partial charge >= 0.3 is 5.97 Å². The molecule has 3 aromatic carbocycles. The lowest BCUT2D eigenvalue weighted by Gasteiger charge is -2.12. The van der Waals surface area contributed by atoms with Crippen molar-refractivity contribution < 1.29 is 28.4 Å². The topological polar surface area (TPSA) is 107 Å². The molecule has 0 atom stereocenters. The second-order valence-corrected chi connectivity index (χ2v) is 8.11. The molecule has 34 heavy (non-hydrogen) atoms. The van der Waals surface area contributed by atoms with Crippen molar-refractivity contribution in [2.24, 2.45) is 0 Å². The maximum absolute atomic E-state index is 13.0. The first-order valence-corrected chi connectivity index (χ1v) is 10.7. The summed E-state index contributed by atoms with van der Waals surface area (Å²) in [5.41, 5.74) is 0.857. The Morgan fingerprint density at radius 2 is 1.71 bits per heavy atom. The third kappa shape index (κ3) is 5.02. The van der Waals surface area contributed by atoms with Crippen LogP contribution in [0.2, 0.25) is 0 Å².